The van der Waals surface area contributed by atoms with Gasteiger partial charge in [0.2, 0.25) is 0 Å². The molecule has 2 N–H and O–H groups in total. The highest BCUT2D eigenvalue weighted by atomic mass is 16.4. The fourth-order valence-electron chi connectivity index (χ4n) is 2.35. The molecule has 0 aliphatic rings. The predicted octanol–water partition coefficient (Wildman–Crippen LogP) is 6.37. The quantitative estimate of drug-likeness (QED) is 0.192. The number of rotatable bonds is 16. The van der Waals surface area contributed by atoms with Crippen LogP contribution in [-0.2, 0) is 9.59 Å². The molecule has 146 valence electrons. The summed E-state index contributed by atoms with van der Waals surface area (Å²) in [5.74, 6) is -1.65. The first-order valence-corrected chi connectivity index (χ1v) is 9.76. The zero-order chi connectivity index (χ0) is 19.2. The summed E-state index contributed by atoms with van der Waals surface area (Å²) in [5, 5.41) is 16.1. The van der Waals surface area contributed by atoms with Gasteiger partial charge in [-0.25, -0.2) is 4.79 Å². The minimum atomic E-state index is -0.981. The Morgan fingerprint density at radius 1 is 0.760 bits per heavy atom. The Hall–Kier alpha value is -1.58. The summed E-state index contributed by atoms with van der Waals surface area (Å²) in [6.07, 6.45) is 22.1. The molecule has 0 bridgehead atoms. The molecule has 0 heterocycles. The second-order valence-corrected chi connectivity index (χ2v) is 6.27. The first-order chi connectivity index (χ1) is 12.0. The van der Waals surface area contributed by atoms with Gasteiger partial charge in [0.05, 0.1) is 0 Å². The maximum atomic E-state index is 10.3. The lowest BCUT2D eigenvalue weighted by molar-refractivity contribution is -0.137. The van der Waals surface area contributed by atoms with Gasteiger partial charge in [0.15, 0.2) is 0 Å². The van der Waals surface area contributed by atoms with E-state index in [1.54, 1.807) is 0 Å². The number of unbranched alkanes of at least 4 members (excludes halogenated alkanes) is 11. The fraction of sp³-hybridized carbons (Fsp3) is 0.714. The largest absolute Gasteiger partial charge is 0.481 e. The maximum absolute atomic E-state index is 10.3. The molecule has 4 heteroatoms. The van der Waals surface area contributed by atoms with Gasteiger partial charge in [0.1, 0.15) is 0 Å². The highest BCUT2D eigenvalue weighted by molar-refractivity contribution is 5.78. The molecule has 0 aliphatic carbocycles. The fourth-order valence-corrected chi connectivity index (χ4v) is 2.35. The third-order valence-electron chi connectivity index (χ3n) is 3.83. The van der Waals surface area contributed by atoms with Gasteiger partial charge in [-0.1, -0.05) is 77.0 Å². The van der Waals surface area contributed by atoms with Crippen LogP contribution >= 0.6 is 0 Å². The Bertz CT molecular complexity index is 348. The van der Waals surface area contributed by atoms with E-state index < -0.39 is 11.9 Å². The Morgan fingerprint density at radius 2 is 1.16 bits per heavy atom. The lowest BCUT2D eigenvalue weighted by atomic mass is 10.1. The number of hydrogen-bond donors (Lipinski definition) is 2. The lowest BCUT2D eigenvalue weighted by Gasteiger charge is -1.99. The van der Waals surface area contributed by atoms with Crippen molar-refractivity contribution < 1.29 is 19.8 Å². The SMILES string of the molecule is C=CC(=O)O.CCCCCCCCC=CCCCCCCCC(=O)O. The van der Waals surface area contributed by atoms with Gasteiger partial charge in [-0.2, -0.15) is 0 Å². The van der Waals surface area contributed by atoms with Crippen LogP contribution in [0.2, 0.25) is 0 Å². The van der Waals surface area contributed by atoms with Crippen LogP contribution in [0.25, 0.3) is 0 Å². The average molecular weight is 355 g/mol. The average Bonchev–Trinajstić information content (AvgIpc) is 2.58. The van der Waals surface area contributed by atoms with Crippen LogP contribution < -0.4 is 0 Å². The van der Waals surface area contributed by atoms with Gasteiger partial charge in [-0.15, -0.1) is 0 Å². The Balaban J connectivity index is 0. The van der Waals surface area contributed by atoms with Gasteiger partial charge in [0.25, 0.3) is 0 Å². The van der Waals surface area contributed by atoms with Crippen molar-refractivity contribution in [1.82, 2.24) is 0 Å². The van der Waals surface area contributed by atoms with Crippen molar-refractivity contribution in [2.45, 2.75) is 96.8 Å². The predicted molar refractivity (Wildman–Crippen MR) is 105 cm³/mol. The number of aliphatic carboxylic acids is 2. The zero-order valence-electron chi connectivity index (χ0n) is 16.0. The lowest BCUT2D eigenvalue weighted by Crippen LogP contribution is -1.93. The molecule has 0 radical (unpaired) electrons. The first-order valence-electron chi connectivity index (χ1n) is 9.76. The summed E-state index contributed by atoms with van der Waals surface area (Å²) in [5.41, 5.74) is 0. The molecular weight excluding hydrogens is 316 g/mol. The van der Waals surface area contributed by atoms with E-state index in [4.69, 9.17) is 10.2 Å². The Morgan fingerprint density at radius 3 is 1.56 bits per heavy atom. The number of carbonyl (C=O) groups is 2. The molecular formula is C21H38O4. The molecule has 25 heavy (non-hydrogen) atoms. The van der Waals surface area contributed by atoms with Crippen molar-refractivity contribution in [1.29, 1.82) is 0 Å². The molecule has 0 atom stereocenters. The minimum Gasteiger partial charge on any atom is -0.481 e. The number of carboxylic acids is 2. The molecule has 0 aromatic rings. The molecule has 0 saturated carbocycles. The number of carboxylic acid groups (broad SMARTS) is 2. The van der Waals surface area contributed by atoms with Crippen molar-refractivity contribution in [2.24, 2.45) is 0 Å². The normalized spacial score (nSPS) is 10.3. The van der Waals surface area contributed by atoms with E-state index in [9.17, 15) is 9.59 Å². The van der Waals surface area contributed by atoms with Gasteiger partial charge in [0, 0.05) is 12.5 Å². The summed E-state index contributed by atoms with van der Waals surface area (Å²) in [6.45, 7) is 5.22. The first kappa shape index (κ1) is 25.7. The molecule has 0 rings (SSSR count). The summed E-state index contributed by atoms with van der Waals surface area (Å²) in [4.78, 5) is 19.6. The molecule has 0 aliphatic heterocycles. The molecule has 0 spiro atoms. The molecule has 0 amide bonds. The van der Waals surface area contributed by atoms with Crippen LogP contribution in [0.3, 0.4) is 0 Å². The zero-order valence-corrected chi connectivity index (χ0v) is 16.0. The van der Waals surface area contributed by atoms with Gasteiger partial charge >= 0.3 is 11.9 Å². The van der Waals surface area contributed by atoms with Crippen molar-refractivity contribution >= 4 is 11.9 Å². The third-order valence-corrected chi connectivity index (χ3v) is 3.83. The Kier molecular flexibility index (Phi) is 23.0. The molecule has 0 fully saturated rings. The minimum absolute atomic E-state index is 0.332. The Labute approximate surface area is 154 Å². The standard InChI is InChI=1S/C18H34O2.C3H4O2/c1-2-3-4-5-6-7-8-9-10-11-12-13-14-15-16-17-18(19)20;1-2-3(4)5/h9-10H,2-8,11-17H2,1H3,(H,19,20);2H,1H2,(H,4,5). The van der Waals surface area contributed by atoms with Crippen LogP contribution in [-0.4, -0.2) is 22.2 Å². The van der Waals surface area contributed by atoms with E-state index in [1.165, 1.54) is 70.6 Å². The maximum Gasteiger partial charge on any atom is 0.327 e. The molecule has 4 nitrogen and oxygen atoms in total. The topological polar surface area (TPSA) is 74.6 Å². The summed E-state index contributed by atoms with van der Waals surface area (Å²) >= 11 is 0. The molecule has 0 aromatic carbocycles. The van der Waals surface area contributed by atoms with E-state index in [0.29, 0.717) is 6.42 Å². The van der Waals surface area contributed by atoms with Crippen LogP contribution in [0.4, 0.5) is 0 Å². The highest BCUT2D eigenvalue weighted by Crippen LogP contribution is 2.09. The van der Waals surface area contributed by atoms with Gasteiger partial charge < -0.3 is 10.2 Å². The summed E-state index contributed by atoms with van der Waals surface area (Å²) in [7, 11) is 0. The van der Waals surface area contributed by atoms with Crippen molar-refractivity contribution in [3.05, 3.63) is 24.8 Å². The van der Waals surface area contributed by atoms with Gasteiger partial charge in [-0.3, -0.25) is 4.79 Å². The van der Waals surface area contributed by atoms with Crippen LogP contribution in [0.15, 0.2) is 24.8 Å². The van der Waals surface area contributed by atoms with E-state index >= 15 is 0 Å². The van der Waals surface area contributed by atoms with E-state index in [-0.39, 0.29) is 0 Å². The third kappa shape index (κ3) is 30.8. The van der Waals surface area contributed by atoms with Gasteiger partial charge in [-0.05, 0) is 32.1 Å². The van der Waals surface area contributed by atoms with Crippen molar-refractivity contribution in [2.75, 3.05) is 0 Å². The van der Waals surface area contributed by atoms with E-state index in [0.717, 1.165) is 18.9 Å². The van der Waals surface area contributed by atoms with Crippen molar-refractivity contribution in [3.8, 4) is 0 Å². The molecule has 0 unspecified atom stereocenters. The monoisotopic (exact) mass is 354 g/mol. The molecule has 0 saturated heterocycles. The summed E-state index contributed by atoms with van der Waals surface area (Å²) < 4.78 is 0. The van der Waals surface area contributed by atoms with Crippen LogP contribution in [0.5, 0.6) is 0 Å². The van der Waals surface area contributed by atoms with Crippen LogP contribution in [0, 0.1) is 0 Å². The van der Waals surface area contributed by atoms with E-state index in [2.05, 4.69) is 25.7 Å². The van der Waals surface area contributed by atoms with Crippen molar-refractivity contribution in [3.63, 3.8) is 0 Å². The number of allylic oxidation sites excluding steroid dienone is 2. The number of hydrogen-bond acceptors (Lipinski definition) is 2. The summed E-state index contributed by atoms with van der Waals surface area (Å²) in [6, 6.07) is 0. The second kappa shape index (κ2) is 22.4. The highest BCUT2D eigenvalue weighted by Gasteiger charge is 1.95. The van der Waals surface area contributed by atoms with E-state index in [1.807, 2.05) is 0 Å². The van der Waals surface area contributed by atoms with Crippen LogP contribution in [0.1, 0.15) is 96.8 Å². The smallest absolute Gasteiger partial charge is 0.327 e. The molecule has 0 aromatic heterocycles. The second-order valence-electron chi connectivity index (χ2n) is 6.27.